The maximum Gasteiger partial charge on any atom is 0.191 e. The van der Waals surface area contributed by atoms with Crippen LogP contribution in [0.4, 0.5) is 5.82 Å². The third-order valence-electron chi connectivity index (χ3n) is 4.54. The molecule has 1 fully saturated rings. The number of anilines is 1. The maximum absolute atomic E-state index is 5.80. The molecule has 1 unspecified atom stereocenters. The Labute approximate surface area is 155 Å². The quantitative estimate of drug-likeness (QED) is 0.405. The number of benzene rings is 1. The van der Waals surface area contributed by atoms with Crippen molar-refractivity contribution >= 4 is 22.7 Å². The van der Waals surface area contributed by atoms with E-state index >= 15 is 0 Å². The number of hydrogen-bond acceptors (Lipinski definition) is 4. The van der Waals surface area contributed by atoms with Gasteiger partial charge in [0.2, 0.25) is 0 Å². The standard InChI is InChI=1S/C20H29N5O/c1-3-21-19(24-15-20(2)11-6-14-26-20)23-13-12-22-18-10-9-16-7-4-5-8-17(16)25-18/h4-5,7-10H,3,6,11-15H2,1-2H3,(H,22,25)(H2,21,23,24). The first-order chi connectivity index (χ1) is 12.7. The predicted molar refractivity (Wildman–Crippen MR) is 108 cm³/mol. The summed E-state index contributed by atoms with van der Waals surface area (Å²) < 4.78 is 5.80. The number of aromatic nitrogens is 1. The van der Waals surface area contributed by atoms with E-state index in [1.165, 1.54) is 0 Å². The lowest BCUT2D eigenvalue weighted by Gasteiger charge is -2.21. The first kappa shape index (κ1) is 18.5. The summed E-state index contributed by atoms with van der Waals surface area (Å²) in [6.07, 6.45) is 2.20. The first-order valence-corrected chi connectivity index (χ1v) is 9.44. The molecule has 3 rings (SSSR count). The van der Waals surface area contributed by atoms with Crippen molar-refractivity contribution in [1.29, 1.82) is 0 Å². The second-order valence-electron chi connectivity index (χ2n) is 6.84. The highest BCUT2D eigenvalue weighted by Crippen LogP contribution is 2.24. The van der Waals surface area contributed by atoms with Gasteiger partial charge in [-0.25, -0.2) is 4.98 Å². The number of pyridine rings is 1. The zero-order valence-electron chi connectivity index (χ0n) is 15.7. The van der Waals surface area contributed by atoms with E-state index in [-0.39, 0.29) is 5.60 Å². The highest BCUT2D eigenvalue weighted by molar-refractivity contribution is 5.80. The number of aliphatic imine (C=N–C) groups is 1. The minimum atomic E-state index is -0.115. The highest BCUT2D eigenvalue weighted by Gasteiger charge is 2.29. The summed E-state index contributed by atoms with van der Waals surface area (Å²) in [7, 11) is 0. The van der Waals surface area contributed by atoms with Gasteiger partial charge in [0.05, 0.1) is 17.7 Å². The summed E-state index contributed by atoms with van der Waals surface area (Å²) in [4.78, 5) is 9.30. The van der Waals surface area contributed by atoms with Crippen LogP contribution in [-0.4, -0.2) is 49.3 Å². The molecule has 0 amide bonds. The molecule has 6 heteroatoms. The number of para-hydroxylation sites is 1. The molecule has 2 heterocycles. The van der Waals surface area contributed by atoms with E-state index in [2.05, 4.69) is 51.9 Å². The normalized spacial score (nSPS) is 20.3. The van der Waals surface area contributed by atoms with E-state index in [0.717, 1.165) is 61.8 Å². The van der Waals surface area contributed by atoms with Crippen LogP contribution in [0.3, 0.4) is 0 Å². The molecule has 6 nitrogen and oxygen atoms in total. The van der Waals surface area contributed by atoms with Gasteiger partial charge in [-0.3, -0.25) is 4.99 Å². The third kappa shape index (κ3) is 5.08. The van der Waals surface area contributed by atoms with Crippen LogP contribution in [0.2, 0.25) is 0 Å². The molecule has 1 aliphatic rings. The summed E-state index contributed by atoms with van der Waals surface area (Å²) in [6, 6.07) is 12.2. The molecule has 1 atom stereocenters. The molecule has 3 N–H and O–H groups in total. The third-order valence-corrected chi connectivity index (χ3v) is 4.54. The molecule has 140 valence electrons. The van der Waals surface area contributed by atoms with Crippen LogP contribution >= 0.6 is 0 Å². The van der Waals surface area contributed by atoms with Crippen molar-refractivity contribution in [3.63, 3.8) is 0 Å². The molecule has 0 aliphatic carbocycles. The Balaban J connectivity index is 1.47. The van der Waals surface area contributed by atoms with Gasteiger partial charge in [-0.2, -0.15) is 0 Å². The van der Waals surface area contributed by atoms with Crippen molar-refractivity contribution < 1.29 is 4.74 Å². The number of fused-ring (bicyclic) bond motifs is 1. The molecule has 0 bridgehead atoms. The van der Waals surface area contributed by atoms with E-state index in [9.17, 15) is 0 Å². The average Bonchev–Trinajstić information content (AvgIpc) is 3.10. The molecule has 0 spiro atoms. The smallest absolute Gasteiger partial charge is 0.191 e. The largest absolute Gasteiger partial charge is 0.373 e. The topological polar surface area (TPSA) is 70.6 Å². The zero-order chi connectivity index (χ0) is 18.2. The summed E-state index contributed by atoms with van der Waals surface area (Å²) in [5.41, 5.74) is 0.889. The van der Waals surface area contributed by atoms with E-state index < -0.39 is 0 Å². The van der Waals surface area contributed by atoms with E-state index in [1.807, 2.05) is 24.3 Å². The molecular weight excluding hydrogens is 326 g/mol. The molecule has 1 aliphatic heterocycles. The molecule has 1 aromatic heterocycles. The van der Waals surface area contributed by atoms with Crippen molar-refractivity contribution in [3.05, 3.63) is 36.4 Å². The van der Waals surface area contributed by atoms with Gasteiger partial charge in [-0.15, -0.1) is 0 Å². The summed E-state index contributed by atoms with van der Waals surface area (Å²) in [5, 5.41) is 11.2. The minimum Gasteiger partial charge on any atom is -0.373 e. The number of nitrogens with zero attached hydrogens (tertiary/aromatic N) is 2. The molecule has 0 radical (unpaired) electrons. The van der Waals surface area contributed by atoms with Crippen LogP contribution in [0, 0.1) is 0 Å². The maximum atomic E-state index is 5.80. The monoisotopic (exact) mass is 355 g/mol. The Morgan fingerprint density at radius 2 is 2.08 bits per heavy atom. The van der Waals surface area contributed by atoms with Gasteiger partial charge in [-0.05, 0) is 44.9 Å². The van der Waals surface area contributed by atoms with Crippen molar-refractivity contribution in [2.24, 2.45) is 4.99 Å². The molecular formula is C20H29N5O. The summed E-state index contributed by atoms with van der Waals surface area (Å²) in [6.45, 7) is 8.10. The van der Waals surface area contributed by atoms with Crippen LogP contribution in [0.1, 0.15) is 26.7 Å². The lowest BCUT2D eigenvalue weighted by Crippen LogP contribution is -2.41. The van der Waals surface area contributed by atoms with E-state index in [1.54, 1.807) is 0 Å². The Hall–Kier alpha value is -2.34. The fourth-order valence-electron chi connectivity index (χ4n) is 3.09. The van der Waals surface area contributed by atoms with Gasteiger partial charge in [0.15, 0.2) is 5.96 Å². The van der Waals surface area contributed by atoms with Crippen LogP contribution in [0.25, 0.3) is 10.9 Å². The zero-order valence-corrected chi connectivity index (χ0v) is 15.7. The summed E-state index contributed by atoms with van der Waals surface area (Å²) in [5.74, 6) is 1.72. The lowest BCUT2D eigenvalue weighted by molar-refractivity contribution is 0.0283. The van der Waals surface area contributed by atoms with E-state index in [0.29, 0.717) is 6.54 Å². The van der Waals surface area contributed by atoms with Crippen molar-refractivity contribution in [2.45, 2.75) is 32.3 Å². The lowest BCUT2D eigenvalue weighted by atomic mass is 10.0. The Morgan fingerprint density at radius 3 is 2.88 bits per heavy atom. The predicted octanol–water partition coefficient (Wildman–Crippen LogP) is 2.77. The number of hydrogen-bond donors (Lipinski definition) is 3. The number of ether oxygens (including phenoxy) is 1. The molecule has 1 aromatic carbocycles. The Bertz CT molecular complexity index is 740. The summed E-state index contributed by atoms with van der Waals surface area (Å²) >= 11 is 0. The van der Waals surface area contributed by atoms with Gasteiger partial charge in [0.25, 0.3) is 0 Å². The second-order valence-corrected chi connectivity index (χ2v) is 6.84. The van der Waals surface area contributed by atoms with Crippen molar-refractivity contribution in [1.82, 2.24) is 15.6 Å². The molecule has 26 heavy (non-hydrogen) atoms. The Kier molecular flexibility index (Phi) is 6.28. The van der Waals surface area contributed by atoms with Crippen LogP contribution in [-0.2, 0) is 4.74 Å². The van der Waals surface area contributed by atoms with Gasteiger partial charge in [-0.1, -0.05) is 18.2 Å². The molecule has 0 saturated carbocycles. The van der Waals surface area contributed by atoms with Crippen LogP contribution < -0.4 is 16.0 Å². The Morgan fingerprint density at radius 1 is 1.19 bits per heavy atom. The highest BCUT2D eigenvalue weighted by atomic mass is 16.5. The number of guanidine groups is 1. The minimum absolute atomic E-state index is 0.115. The number of nitrogens with one attached hydrogen (secondary N) is 3. The van der Waals surface area contributed by atoms with Gasteiger partial charge >= 0.3 is 0 Å². The van der Waals surface area contributed by atoms with Crippen molar-refractivity contribution in [3.8, 4) is 0 Å². The van der Waals surface area contributed by atoms with Gasteiger partial charge in [0.1, 0.15) is 5.82 Å². The average molecular weight is 355 g/mol. The molecule has 1 saturated heterocycles. The SMILES string of the molecule is CCNC(=NCC1(C)CCCO1)NCCNc1ccc2ccccc2n1. The molecule has 2 aromatic rings. The fraction of sp³-hybridized carbons (Fsp3) is 0.500. The van der Waals surface area contributed by atoms with Gasteiger partial charge < -0.3 is 20.7 Å². The van der Waals surface area contributed by atoms with Gasteiger partial charge in [0, 0.05) is 31.6 Å². The van der Waals surface area contributed by atoms with Crippen LogP contribution in [0.15, 0.2) is 41.4 Å². The number of rotatable bonds is 7. The fourth-order valence-corrected chi connectivity index (χ4v) is 3.09. The van der Waals surface area contributed by atoms with Crippen LogP contribution in [0.5, 0.6) is 0 Å². The van der Waals surface area contributed by atoms with Crippen molar-refractivity contribution in [2.75, 3.05) is 38.1 Å². The second kappa shape index (κ2) is 8.85. The van der Waals surface area contributed by atoms with E-state index in [4.69, 9.17) is 4.74 Å². The first-order valence-electron chi connectivity index (χ1n) is 9.44.